The number of morpholine rings is 1. The van der Waals surface area contributed by atoms with E-state index in [1.807, 2.05) is 18.2 Å². The summed E-state index contributed by atoms with van der Waals surface area (Å²) < 4.78 is 10.2. The van der Waals surface area contributed by atoms with E-state index in [1.54, 1.807) is 0 Å². The molecule has 1 aromatic carbocycles. The molecule has 0 saturated carbocycles. The van der Waals surface area contributed by atoms with Crippen LogP contribution in [0.3, 0.4) is 0 Å². The van der Waals surface area contributed by atoms with Crippen molar-refractivity contribution in [2.45, 2.75) is 26.1 Å². The molecule has 1 aromatic heterocycles. The van der Waals surface area contributed by atoms with E-state index in [9.17, 15) is 0 Å². The molecule has 0 radical (unpaired) electrons. The molecule has 2 atom stereocenters. The molecule has 4 nitrogen and oxygen atoms in total. The lowest BCUT2D eigenvalue weighted by molar-refractivity contribution is -0.00497. The first-order chi connectivity index (χ1) is 9.65. The summed E-state index contributed by atoms with van der Waals surface area (Å²) in [6.45, 7) is 5.97. The highest BCUT2D eigenvalue weighted by Crippen LogP contribution is 2.40. The van der Waals surface area contributed by atoms with Crippen molar-refractivity contribution in [3.8, 4) is 11.1 Å². The van der Waals surface area contributed by atoms with E-state index >= 15 is 0 Å². The number of nitrogen functional groups attached to an aromatic ring is 1. The van der Waals surface area contributed by atoms with Gasteiger partial charge >= 0.3 is 0 Å². The van der Waals surface area contributed by atoms with Gasteiger partial charge in [-0.05, 0) is 30.9 Å². The number of nitrogens with zero attached hydrogens (tertiary/aromatic N) is 2. The van der Waals surface area contributed by atoms with Crippen molar-refractivity contribution in [2.24, 2.45) is 0 Å². The normalized spacial score (nSPS) is 23.0. The summed E-state index contributed by atoms with van der Waals surface area (Å²) in [7, 11) is 0. The fourth-order valence-electron chi connectivity index (χ4n) is 2.73. The highest BCUT2D eigenvalue weighted by Gasteiger charge is 2.27. The van der Waals surface area contributed by atoms with Crippen LogP contribution in [-0.2, 0) is 4.74 Å². The first kappa shape index (κ1) is 13.4. The fraction of sp³-hybridized carbons (Fsp3) is 0.400. The van der Waals surface area contributed by atoms with Gasteiger partial charge in [0.1, 0.15) is 10.8 Å². The van der Waals surface area contributed by atoms with Crippen LogP contribution in [0, 0.1) is 0 Å². The smallest absolute Gasteiger partial charge is 0.147 e. The van der Waals surface area contributed by atoms with Crippen LogP contribution < -0.4 is 10.6 Å². The van der Waals surface area contributed by atoms with E-state index in [2.05, 4.69) is 35.3 Å². The molecule has 0 bridgehead atoms. The predicted molar refractivity (Wildman–Crippen MR) is 84.2 cm³/mol. The number of nitrogens with two attached hydrogens (primary N) is 1. The van der Waals surface area contributed by atoms with E-state index < -0.39 is 0 Å². The second kappa shape index (κ2) is 5.42. The number of aromatic nitrogens is 1. The summed E-state index contributed by atoms with van der Waals surface area (Å²) in [5.41, 5.74) is 8.27. The monoisotopic (exact) mass is 289 g/mol. The van der Waals surface area contributed by atoms with Gasteiger partial charge in [-0.15, -0.1) is 0 Å². The third kappa shape index (κ3) is 2.51. The Kier molecular flexibility index (Phi) is 3.63. The molecule has 20 heavy (non-hydrogen) atoms. The SMILES string of the molecule is C[C@@H]1CN(c2snc(N)c2-c2ccccc2)C[C@H](C)O1. The molecule has 1 aliphatic rings. The minimum atomic E-state index is 0.227. The lowest BCUT2D eigenvalue weighted by Crippen LogP contribution is -2.45. The zero-order valence-electron chi connectivity index (χ0n) is 11.7. The van der Waals surface area contributed by atoms with Gasteiger partial charge in [-0.1, -0.05) is 30.3 Å². The molecule has 2 aromatic rings. The maximum absolute atomic E-state index is 6.09. The summed E-state index contributed by atoms with van der Waals surface area (Å²) >= 11 is 1.48. The molecule has 3 rings (SSSR count). The van der Waals surface area contributed by atoms with Gasteiger partial charge in [-0.3, -0.25) is 0 Å². The molecule has 5 heteroatoms. The van der Waals surface area contributed by atoms with Gasteiger partial charge in [0.25, 0.3) is 0 Å². The van der Waals surface area contributed by atoms with Crippen LogP contribution in [-0.4, -0.2) is 29.7 Å². The highest BCUT2D eigenvalue weighted by molar-refractivity contribution is 7.11. The number of rotatable bonds is 2. The second-order valence-electron chi connectivity index (χ2n) is 5.28. The van der Waals surface area contributed by atoms with Crippen LogP contribution in [0.5, 0.6) is 0 Å². The second-order valence-corrected chi connectivity index (χ2v) is 6.03. The Morgan fingerprint density at radius 1 is 1.20 bits per heavy atom. The van der Waals surface area contributed by atoms with E-state index in [4.69, 9.17) is 10.5 Å². The fourth-order valence-corrected chi connectivity index (χ4v) is 3.58. The lowest BCUT2D eigenvalue weighted by Gasteiger charge is -2.36. The standard InChI is InChI=1S/C15H19N3OS/c1-10-8-18(9-11(2)19-10)15-13(14(16)17-20-15)12-6-4-3-5-7-12/h3-7,10-11H,8-9H2,1-2H3,(H2,16,17)/t10-,11+. The zero-order chi connectivity index (χ0) is 14.1. The van der Waals surface area contributed by atoms with Crippen LogP contribution in [0.15, 0.2) is 30.3 Å². The minimum absolute atomic E-state index is 0.227. The van der Waals surface area contributed by atoms with Crippen molar-refractivity contribution >= 4 is 22.4 Å². The third-order valence-corrected chi connectivity index (χ3v) is 4.39. The van der Waals surface area contributed by atoms with Crippen molar-refractivity contribution in [3.63, 3.8) is 0 Å². The molecule has 106 valence electrons. The Morgan fingerprint density at radius 3 is 2.50 bits per heavy atom. The summed E-state index contributed by atoms with van der Waals surface area (Å²) in [5.74, 6) is 0.614. The maximum Gasteiger partial charge on any atom is 0.147 e. The number of ether oxygens (including phenoxy) is 1. The molecule has 0 aliphatic carbocycles. The Labute approximate surface area is 123 Å². The number of hydrogen-bond acceptors (Lipinski definition) is 5. The first-order valence-electron chi connectivity index (χ1n) is 6.86. The van der Waals surface area contributed by atoms with Gasteiger partial charge in [-0.25, -0.2) is 0 Å². The summed E-state index contributed by atoms with van der Waals surface area (Å²) in [5, 5.41) is 1.15. The largest absolute Gasteiger partial charge is 0.382 e. The molecule has 2 N–H and O–H groups in total. The van der Waals surface area contributed by atoms with Crippen molar-refractivity contribution < 1.29 is 4.74 Å². The van der Waals surface area contributed by atoms with E-state index in [1.165, 1.54) is 11.5 Å². The lowest BCUT2D eigenvalue weighted by atomic mass is 10.1. The number of benzene rings is 1. The van der Waals surface area contributed by atoms with Crippen LogP contribution >= 0.6 is 11.5 Å². The van der Waals surface area contributed by atoms with E-state index in [-0.39, 0.29) is 12.2 Å². The Morgan fingerprint density at radius 2 is 1.85 bits per heavy atom. The minimum Gasteiger partial charge on any atom is -0.382 e. The molecule has 0 spiro atoms. The van der Waals surface area contributed by atoms with Crippen molar-refractivity contribution in [3.05, 3.63) is 30.3 Å². The van der Waals surface area contributed by atoms with Gasteiger partial charge in [0.15, 0.2) is 0 Å². The Bertz CT molecular complexity index is 574. The number of hydrogen-bond donors (Lipinski definition) is 1. The Hall–Kier alpha value is -1.59. The molecule has 1 fully saturated rings. The predicted octanol–water partition coefficient (Wildman–Crippen LogP) is 3.01. The summed E-state index contributed by atoms with van der Waals surface area (Å²) in [6, 6.07) is 10.2. The Balaban J connectivity index is 1.99. The molecule has 2 heterocycles. The quantitative estimate of drug-likeness (QED) is 0.923. The van der Waals surface area contributed by atoms with Crippen molar-refractivity contribution in [2.75, 3.05) is 23.7 Å². The molecule has 1 aliphatic heterocycles. The molecule has 0 amide bonds. The summed E-state index contributed by atoms with van der Waals surface area (Å²) in [4.78, 5) is 2.34. The van der Waals surface area contributed by atoms with Gasteiger partial charge < -0.3 is 15.4 Å². The van der Waals surface area contributed by atoms with E-state index in [0.717, 1.165) is 29.2 Å². The van der Waals surface area contributed by atoms with Gasteiger partial charge in [0.2, 0.25) is 0 Å². The van der Waals surface area contributed by atoms with Crippen LogP contribution in [0.1, 0.15) is 13.8 Å². The maximum atomic E-state index is 6.09. The first-order valence-corrected chi connectivity index (χ1v) is 7.63. The van der Waals surface area contributed by atoms with Gasteiger partial charge in [0.05, 0.1) is 17.8 Å². The highest BCUT2D eigenvalue weighted by atomic mass is 32.1. The average Bonchev–Trinajstić information content (AvgIpc) is 2.80. The van der Waals surface area contributed by atoms with Gasteiger partial charge in [0, 0.05) is 13.1 Å². The molecular weight excluding hydrogens is 270 g/mol. The topological polar surface area (TPSA) is 51.4 Å². The summed E-state index contributed by atoms with van der Waals surface area (Å²) in [6.07, 6.45) is 0.455. The molecular formula is C15H19N3OS. The zero-order valence-corrected chi connectivity index (χ0v) is 12.6. The number of anilines is 2. The third-order valence-electron chi connectivity index (χ3n) is 3.47. The average molecular weight is 289 g/mol. The van der Waals surface area contributed by atoms with E-state index in [0.29, 0.717) is 5.82 Å². The molecule has 1 saturated heterocycles. The van der Waals surface area contributed by atoms with Crippen LogP contribution in [0.4, 0.5) is 10.8 Å². The van der Waals surface area contributed by atoms with Crippen molar-refractivity contribution in [1.29, 1.82) is 0 Å². The van der Waals surface area contributed by atoms with Crippen LogP contribution in [0.2, 0.25) is 0 Å². The van der Waals surface area contributed by atoms with Crippen LogP contribution in [0.25, 0.3) is 11.1 Å². The van der Waals surface area contributed by atoms with Crippen molar-refractivity contribution in [1.82, 2.24) is 4.37 Å². The van der Waals surface area contributed by atoms with Gasteiger partial charge in [-0.2, -0.15) is 4.37 Å². The molecule has 0 unspecified atom stereocenters.